The molecule has 0 radical (unpaired) electrons. The summed E-state index contributed by atoms with van der Waals surface area (Å²) in [7, 11) is 0. The molecule has 1 aromatic rings. The number of nitrogens with one attached hydrogen (secondary N) is 3. The van der Waals surface area contributed by atoms with Crippen molar-refractivity contribution < 1.29 is 32.3 Å². The molecule has 0 unspecified atom stereocenters. The average Bonchev–Trinajstić information content (AvgIpc) is 2.50. The summed E-state index contributed by atoms with van der Waals surface area (Å²) in [5, 5.41) is 6.74. The number of benzene rings is 1. The van der Waals surface area contributed by atoms with Gasteiger partial charge in [0.25, 0.3) is 0 Å². The monoisotopic (exact) mass is 389 g/mol. The quantitative estimate of drug-likeness (QED) is 0.697. The Morgan fingerprint density at radius 1 is 1.07 bits per heavy atom. The van der Waals surface area contributed by atoms with E-state index in [1.54, 1.807) is 32.2 Å². The topological polar surface area (TPSA) is 96.5 Å². The fourth-order valence-electron chi connectivity index (χ4n) is 1.84. The summed E-state index contributed by atoms with van der Waals surface area (Å²) in [5.41, 5.74) is -0.169. The van der Waals surface area contributed by atoms with Crippen LogP contribution in [0.5, 0.6) is 0 Å². The molecule has 0 fully saturated rings. The summed E-state index contributed by atoms with van der Waals surface area (Å²) < 4.78 is 41.8. The fourth-order valence-corrected chi connectivity index (χ4v) is 1.84. The maximum Gasteiger partial charge on any atom is 0.471 e. The van der Waals surface area contributed by atoms with Gasteiger partial charge < -0.3 is 20.7 Å². The Bertz CT molecular complexity index is 685. The highest BCUT2D eigenvalue weighted by molar-refractivity contribution is 5.94. The van der Waals surface area contributed by atoms with Crippen molar-refractivity contribution in [2.45, 2.75) is 45.5 Å². The zero-order valence-corrected chi connectivity index (χ0v) is 15.2. The van der Waals surface area contributed by atoms with Gasteiger partial charge in [-0.3, -0.25) is 9.59 Å². The molecule has 0 atom stereocenters. The molecule has 0 saturated carbocycles. The van der Waals surface area contributed by atoms with Gasteiger partial charge in [-0.25, -0.2) is 4.79 Å². The summed E-state index contributed by atoms with van der Waals surface area (Å²) in [4.78, 5) is 34.1. The van der Waals surface area contributed by atoms with Crippen molar-refractivity contribution >= 4 is 23.6 Å². The normalized spacial score (nSPS) is 11.5. The molecule has 3 N–H and O–H groups in total. The predicted octanol–water partition coefficient (Wildman–Crippen LogP) is 2.72. The van der Waals surface area contributed by atoms with E-state index in [-0.39, 0.29) is 31.1 Å². The van der Waals surface area contributed by atoms with Gasteiger partial charge in [-0.1, -0.05) is 12.1 Å². The van der Waals surface area contributed by atoms with Crippen LogP contribution < -0.4 is 16.0 Å². The van der Waals surface area contributed by atoms with Crippen LogP contribution in [-0.2, 0) is 20.9 Å². The second kappa shape index (κ2) is 9.24. The third-order valence-corrected chi connectivity index (χ3v) is 2.95. The highest BCUT2D eigenvalue weighted by Crippen LogP contribution is 2.18. The molecule has 0 aliphatic heterocycles. The number of ether oxygens (including phenoxy) is 1. The van der Waals surface area contributed by atoms with E-state index < -0.39 is 23.8 Å². The number of alkyl carbamates (subject to hydrolysis) is 1. The number of alkyl halides is 3. The SMILES string of the molecule is CC(C)(C)OC(=O)NCCC(=O)NCc1cccc(NC(=O)C(F)(F)F)c1. The Labute approximate surface area is 154 Å². The van der Waals surface area contributed by atoms with Gasteiger partial charge in [-0.2, -0.15) is 13.2 Å². The van der Waals surface area contributed by atoms with Crippen LogP contribution >= 0.6 is 0 Å². The standard InChI is InChI=1S/C17H22F3N3O4/c1-16(2,3)27-15(26)21-8-7-13(24)22-10-11-5-4-6-12(9-11)23-14(25)17(18,19)20/h4-6,9H,7-8,10H2,1-3H3,(H,21,26)(H,22,24)(H,23,25). The molecule has 0 spiro atoms. The lowest BCUT2D eigenvalue weighted by molar-refractivity contribution is -0.167. The number of anilines is 1. The van der Waals surface area contributed by atoms with E-state index >= 15 is 0 Å². The first-order valence-electron chi connectivity index (χ1n) is 8.07. The number of hydrogen-bond donors (Lipinski definition) is 3. The second-order valence-corrected chi connectivity index (χ2v) is 6.61. The molecule has 27 heavy (non-hydrogen) atoms. The maximum absolute atomic E-state index is 12.2. The molecule has 10 heteroatoms. The number of rotatable bonds is 6. The zero-order chi connectivity index (χ0) is 20.7. The van der Waals surface area contributed by atoms with Crippen LogP contribution in [0.3, 0.4) is 0 Å². The second-order valence-electron chi connectivity index (χ2n) is 6.61. The Morgan fingerprint density at radius 2 is 1.74 bits per heavy atom. The summed E-state index contributed by atoms with van der Waals surface area (Å²) in [6, 6.07) is 5.67. The molecule has 1 rings (SSSR count). The van der Waals surface area contributed by atoms with Crippen molar-refractivity contribution in [1.29, 1.82) is 0 Å². The Hall–Kier alpha value is -2.78. The predicted molar refractivity (Wildman–Crippen MR) is 91.8 cm³/mol. The summed E-state index contributed by atoms with van der Waals surface area (Å²) in [6.07, 6.45) is -5.61. The number of carbonyl (C=O) groups is 3. The van der Waals surface area contributed by atoms with E-state index in [2.05, 4.69) is 10.6 Å². The lowest BCUT2D eigenvalue weighted by Crippen LogP contribution is -2.35. The van der Waals surface area contributed by atoms with Crippen LogP contribution in [0.2, 0.25) is 0 Å². The van der Waals surface area contributed by atoms with E-state index in [9.17, 15) is 27.6 Å². The van der Waals surface area contributed by atoms with Crippen molar-refractivity contribution in [3.8, 4) is 0 Å². The number of hydrogen-bond acceptors (Lipinski definition) is 4. The average molecular weight is 389 g/mol. The zero-order valence-electron chi connectivity index (χ0n) is 15.2. The number of halogens is 3. The molecule has 0 saturated heterocycles. The van der Waals surface area contributed by atoms with Crippen LogP contribution in [0, 0.1) is 0 Å². The van der Waals surface area contributed by atoms with Crippen molar-refractivity contribution in [3.63, 3.8) is 0 Å². The largest absolute Gasteiger partial charge is 0.471 e. The molecule has 0 aliphatic rings. The van der Waals surface area contributed by atoms with Gasteiger partial charge in [0.05, 0.1) is 0 Å². The summed E-state index contributed by atoms with van der Waals surface area (Å²) >= 11 is 0. The first kappa shape index (κ1) is 22.3. The van der Waals surface area contributed by atoms with E-state index in [1.807, 2.05) is 0 Å². The lowest BCUT2D eigenvalue weighted by Gasteiger charge is -2.19. The van der Waals surface area contributed by atoms with Crippen LogP contribution in [-0.4, -0.2) is 36.2 Å². The molecule has 150 valence electrons. The van der Waals surface area contributed by atoms with Crippen molar-refractivity contribution in [3.05, 3.63) is 29.8 Å². The van der Waals surface area contributed by atoms with E-state index in [0.29, 0.717) is 5.56 Å². The first-order valence-corrected chi connectivity index (χ1v) is 8.07. The Morgan fingerprint density at radius 3 is 2.33 bits per heavy atom. The van der Waals surface area contributed by atoms with E-state index in [0.717, 1.165) is 0 Å². The van der Waals surface area contributed by atoms with Gasteiger partial charge in [0.1, 0.15) is 5.60 Å². The molecular formula is C17H22F3N3O4. The van der Waals surface area contributed by atoms with Crippen LogP contribution in [0.25, 0.3) is 0 Å². The molecule has 7 nitrogen and oxygen atoms in total. The summed E-state index contributed by atoms with van der Waals surface area (Å²) in [6.45, 7) is 5.27. The first-order chi connectivity index (χ1) is 12.4. The highest BCUT2D eigenvalue weighted by atomic mass is 19.4. The molecule has 0 heterocycles. The minimum atomic E-state index is -4.98. The minimum Gasteiger partial charge on any atom is -0.444 e. The maximum atomic E-state index is 12.2. The lowest BCUT2D eigenvalue weighted by atomic mass is 10.2. The van der Waals surface area contributed by atoms with Crippen molar-refractivity contribution in [2.24, 2.45) is 0 Å². The van der Waals surface area contributed by atoms with Crippen LogP contribution in [0.1, 0.15) is 32.8 Å². The van der Waals surface area contributed by atoms with Gasteiger partial charge in [0, 0.05) is 25.2 Å². The number of amides is 3. The molecule has 1 aromatic carbocycles. The third-order valence-electron chi connectivity index (χ3n) is 2.95. The van der Waals surface area contributed by atoms with Gasteiger partial charge in [0.2, 0.25) is 5.91 Å². The third kappa shape index (κ3) is 9.47. The van der Waals surface area contributed by atoms with Gasteiger partial charge in [0.15, 0.2) is 0 Å². The fraction of sp³-hybridized carbons (Fsp3) is 0.471. The molecule has 0 aromatic heterocycles. The molecule has 3 amide bonds. The molecule has 0 bridgehead atoms. The van der Waals surface area contributed by atoms with E-state index in [1.165, 1.54) is 18.2 Å². The summed E-state index contributed by atoms with van der Waals surface area (Å²) in [5.74, 6) is -2.44. The van der Waals surface area contributed by atoms with E-state index in [4.69, 9.17) is 4.74 Å². The van der Waals surface area contributed by atoms with Gasteiger partial charge >= 0.3 is 18.2 Å². The Kier molecular flexibility index (Phi) is 7.62. The van der Waals surface area contributed by atoms with Crippen molar-refractivity contribution in [2.75, 3.05) is 11.9 Å². The van der Waals surface area contributed by atoms with Gasteiger partial charge in [-0.15, -0.1) is 0 Å². The van der Waals surface area contributed by atoms with Crippen molar-refractivity contribution in [1.82, 2.24) is 10.6 Å². The molecule has 0 aliphatic carbocycles. The minimum absolute atomic E-state index is 0.00371. The van der Waals surface area contributed by atoms with Crippen LogP contribution in [0.15, 0.2) is 24.3 Å². The van der Waals surface area contributed by atoms with Gasteiger partial charge in [-0.05, 0) is 38.5 Å². The Balaban J connectivity index is 2.41. The molecular weight excluding hydrogens is 367 g/mol. The smallest absolute Gasteiger partial charge is 0.444 e. The number of carbonyl (C=O) groups excluding carboxylic acids is 3. The highest BCUT2D eigenvalue weighted by Gasteiger charge is 2.38. The van der Waals surface area contributed by atoms with Crippen LogP contribution in [0.4, 0.5) is 23.7 Å².